The second-order valence-electron chi connectivity index (χ2n) is 7.44. The van der Waals surface area contributed by atoms with E-state index in [0.29, 0.717) is 35.1 Å². The Labute approximate surface area is 198 Å². The molecule has 176 valence electrons. The number of methoxy groups -OCH3 is 3. The summed E-state index contributed by atoms with van der Waals surface area (Å²) in [6.07, 6.45) is 0.837. The molecule has 0 aliphatic carbocycles. The van der Waals surface area contributed by atoms with E-state index in [2.05, 4.69) is 6.92 Å². The lowest BCUT2D eigenvalue weighted by atomic mass is 10.1. The molecule has 1 unspecified atom stereocenters. The lowest BCUT2D eigenvalue weighted by Crippen LogP contribution is -2.37. The number of ether oxygens (including phenoxy) is 4. The fraction of sp³-hybridized carbons (Fsp3) is 0.360. The van der Waals surface area contributed by atoms with Gasteiger partial charge < -0.3 is 23.8 Å². The van der Waals surface area contributed by atoms with Gasteiger partial charge in [0.15, 0.2) is 11.5 Å². The molecule has 3 rings (SSSR count). The highest BCUT2D eigenvalue weighted by molar-refractivity contribution is 7.09. The van der Waals surface area contributed by atoms with Crippen LogP contribution in [-0.2, 0) is 13.2 Å². The number of rotatable bonds is 11. The van der Waals surface area contributed by atoms with E-state index in [0.717, 1.165) is 17.1 Å². The summed E-state index contributed by atoms with van der Waals surface area (Å²) in [4.78, 5) is 19.8. The Morgan fingerprint density at radius 2 is 1.76 bits per heavy atom. The molecule has 1 aromatic heterocycles. The van der Waals surface area contributed by atoms with Crippen molar-refractivity contribution >= 4 is 17.2 Å². The maximum absolute atomic E-state index is 13.3. The van der Waals surface area contributed by atoms with E-state index in [4.69, 9.17) is 23.9 Å². The lowest BCUT2D eigenvalue weighted by Gasteiger charge is -2.28. The SMILES string of the molecule is CCC(C)N(Cc1csc(COc2c(OC)cccc2OC)n1)C(=O)c1cccc(OC)c1. The first kappa shape index (κ1) is 24.4. The van der Waals surface area contributed by atoms with Crippen LogP contribution in [0.25, 0.3) is 0 Å². The van der Waals surface area contributed by atoms with Crippen LogP contribution in [0.3, 0.4) is 0 Å². The molecule has 0 saturated heterocycles. The third-order valence-corrected chi connectivity index (χ3v) is 6.23. The quantitative estimate of drug-likeness (QED) is 0.384. The zero-order chi connectivity index (χ0) is 23.8. The van der Waals surface area contributed by atoms with Crippen molar-refractivity contribution in [1.82, 2.24) is 9.88 Å². The number of benzene rings is 2. The molecule has 8 heteroatoms. The highest BCUT2D eigenvalue weighted by Crippen LogP contribution is 2.37. The van der Waals surface area contributed by atoms with Crippen LogP contribution in [-0.4, -0.2) is 43.2 Å². The Kier molecular flexibility index (Phi) is 8.54. The number of para-hydroxylation sites is 1. The van der Waals surface area contributed by atoms with Gasteiger partial charge >= 0.3 is 0 Å². The molecule has 3 aromatic rings. The van der Waals surface area contributed by atoms with Crippen LogP contribution < -0.4 is 18.9 Å². The van der Waals surface area contributed by atoms with Crippen LogP contribution >= 0.6 is 11.3 Å². The molecule has 7 nitrogen and oxygen atoms in total. The topological polar surface area (TPSA) is 70.1 Å². The van der Waals surface area contributed by atoms with Gasteiger partial charge in [-0.15, -0.1) is 11.3 Å². The molecule has 0 bridgehead atoms. The Morgan fingerprint density at radius 3 is 2.39 bits per heavy atom. The molecule has 2 aromatic carbocycles. The summed E-state index contributed by atoms with van der Waals surface area (Å²) < 4.78 is 22.0. The summed E-state index contributed by atoms with van der Waals surface area (Å²) in [7, 11) is 4.77. The van der Waals surface area contributed by atoms with E-state index < -0.39 is 0 Å². The number of carbonyl (C=O) groups is 1. The average Bonchev–Trinajstić information content (AvgIpc) is 3.32. The molecule has 33 heavy (non-hydrogen) atoms. The van der Waals surface area contributed by atoms with Gasteiger partial charge in [0.05, 0.1) is 33.6 Å². The second-order valence-corrected chi connectivity index (χ2v) is 8.38. The first-order valence-electron chi connectivity index (χ1n) is 10.7. The Hall–Kier alpha value is -3.26. The molecule has 0 N–H and O–H groups in total. The smallest absolute Gasteiger partial charge is 0.254 e. The summed E-state index contributed by atoms with van der Waals surface area (Å²) in [5.74, 6) is 2.34. The number of carbonyl (C=O) groups excluding carboxylic acids is 1. The zero-order valence-electron chi connectivity index (χ0n) is 19.7. The third kappa shape index (κ3) is 5.96. The van der Waals surface area contributed by atoms with Crippen molar-refractivity contribution in [1.29, 1.82) is 0 Å². The summed E-state index contributed by atoms with van der Waals surface area (Å²) in [6, 6.07) is 12.8. The number of amides is 1. The minimum atomic E-state index is -0.0483. The van der Waals surface area contributed by atoms with E-state index in [1.54, 1.807) is 33.5 Å². The van der Waals surface area contributed by atoms with E-state index in [9.17, 15) is 4.79 Å². The Balaban J connectivity index is 1.73. The van der Waals surface area contributed by atoms with Crippen LogP contribution in [0.5, 0.6) is 23.0 Å². The molecule has 0 aliphatic rings. The van der Waals surface area contributed by atoms with Crippen molar-refractivity contribution in [2.75, 3.05) is 21.3 Å². The highest BCUT2D eigenvalue weighted by Gasteiger charge is 2.22. The molecule has 0 saturated carbocycles. The van der Waals surface area contributed by atoms with Gasteiger partial charge in [0.2, 0.25) is 5.75 Å². The van der Waals surface area contributed by atoms with Crippen molar-refractivity contribution < 1.29 is 23.7 Å². The predicted octanol–water partition coefficient (Wildman–Crippen LogP) is 5.19. The largest absolute Gasteiger partial charge is 0.497 e. The summed E-state index contributed by atoms with van der Waals surface area (Å²) in [6.45, 7) is 4.80. The van der Waals surface area contributed by atoms with Gasteiger partial charge in [-0.2, -0.15) is 0 Å². The zero-order valence-corrected chi connectivity index (χ0v) is 20.5. The van der Waals surface area contributed by atoms with Crippen LogP contribution in [0.1, 0.15) is 41.3 Å². The van der Waals surface area contributed by atoms with E-state index in [1.807, 2.05) is 47.5 Å². The predicted molar refractivity (Wildman–Crippen MR) is 129 cm³/mol. The summed E-state index contributed by atoms with van der Waals surface area (Å²) in [5.41, 5.74) is 1.42. The Bertz CT molecular complexity index is 1050. The second kappa shape index (κ2) is 11.6. The lowest BCUT2D eigenvalue weighted by molar-refractivity contribution is 0.0668. The van der Waals surface area contributed by atoms with Crippen molar-refractivity contribution in [3.8, 4) is 23.0 Å². The molecule has 0 aliphatic heterocycles. The highest BCUT2D eigenvalue weighted by atomic mass is 32.1. The van der Waals surface area contributed by atoms with Gasteiger partial charge in [-0.25, -0.2) is 4.98 Å². The average molecular weight is 471 g/mol. The monoisotopic (exact) mass is 470 g/mol. The molecule has 0 spiro atoms. The molecule has 1 heterocycles. The fourth-order valence-electron chi connectivity index (χ4n) is 3.33. The fourth-order valence-corrected chi connectivity index (χ4v) is 4.02. The van der Waals surface area contributed by atoms with Crippen LogP contribution in [0.2, 0.25) is 0 Å². The van der Waals surface area contributed by atoms with E-state index in [1.165, 1.54) is 11.3 Å². The molecular formula is C25H30N2O5S. The first-order valence-corrected chi connectivity index (χ1v) is 11.6. The maximum Gasteiger partial charge on any atom is 0.254 e. The molecule has 1 atom stereocenters. The van der Waals surface area contributed by atoms with Gasteiger partial charge in [-0.1, -0.05) is 19.1 Å². The van der Waals surface area contributed by atoms with E-state index in [-0.39, 0.29) is 18.6 Å². The normalized spacial score (nSPS) is 11.5. The van der Waals surface area contributed by atoms with Gasteiger partial charge in [-0.05, 0) is 43.7 Å². The number of aromatic nitrogens is 1. The number of hydrogen-bond acceptors (Lipinski definition) is 7. The first-order chi connectivity index (χ1) is 16.0. The van der Waals surface area contributed by atoms with Crippen LogP contribution in [0, 0.1) is 0 Å². The van der Waals surface area contributed by atoms with Crippen molar-refractivity contribution in [3.63, 3.8) is 0 Å². The Morgan fingerprint density at radius 1 is 1.06 bits per heavy atom. The standard InChI is InChI=1S/C25H30N2O5S/c1-6-17(2)27(25(28)18-9-7-10-20(13-18)29-3)14-19-16-33-23(26-19)15-32-24-21(30-4)11-8-12-22(24)31-5/h7-13,16-17H,6,14-15H2,1-5H3. The third-order valence-electron chi connectivity index (χ3n) is 5.35. The number of nitrogens with zero attached hydrogens (tertiary/aromatic N) is 2. The molecular weight excluding hydrogens is 440 g/mol. The van der Waals surface area contributed by atoms with Gasteiger partial charge in [-0.3, -0.25) is 4.79 Å². The summed E-state index contributed by atoms with van der Waals surface area (Å²) in [5, 5.41) is 2.77. The van der Waals surface area contributed by atoms with Crippen molar-refractivity contribution in [2.45, 2.75) is 39.5 Å². The minimum absolute atomic E-state index is 0.0483. The van der Waals surface area contributed by atoms with Crippen molar-refractivity contribution in [2.24, 2.45) is 0 Å². The number of thiazole rings is 1. The van der Waals surface area contributed by atoms with Crippen molar-refractivity contribution in [3.05, 3.63) is 64.1 Å². The minimum Gasteiger partial charge on any atom is -0.497 e. The van der Waals surface area contributed by atoms with Gasteiger partial charge in [0.1, 0.15) is 17.4 Å². The molecule has 0 radical (unpaired) electrons. The summed E-state index contributed by atoms with van der Waals surface area (Å²) >= 11 is 1.49. The van der Waals surface area contributed by atoms with E-state index >= 15 is 0 Å². The molecule has 0 fully saturated rings. The number of hydrogen-bond donors (Lipinski definition) is 0. The van der Waals surface area contributed by atoms with Crippen LogP contribution in [0.15, 0.2) is 47.8 Å². The van der Waals surface area contributed by atoms with Crippen LogP contribution in [0.4, 0.5) is 0 Å². The molecule has 1 amide bonds. The van der Waals surface area contributed by atoms with Gasteiger partial charge in [0, 0.05) is 17.0 Å². The van der Waals surface area contributed by atoms with Gasteiger partial charge in [0.25, 0.3) is 5.91 Å². The maximum atomic E-state index is 13.3.